The molecule has 0 spiro atoms. The Morgan fingerprint density at radius 1 is 1.00 bits per heavy atom. The Balaban J connectivity index is 2.31. The van der Waals surface area contributed by atoms with Gasteiger partial charge in [-0.15, -0.1) is 0 Å². The summed E-state index contributed by atoms with van der Waals surface area (Å²) < 4.78 is 0. The van der Waals surface area contributed by atoms with Gasteiger partial charge in [0.2, 0.25) is 0 Å². The third-order valence-corrected chi connectivity index (χ3v) is 2.78. The molecule has 2 aromatic rings. The Morgan fingerprint density at radius 3 is 2.33 bits per heavy atom. The summed E-state index contributed by atoms with van der Waals surface area (Å²) in [6.07, 6.45) is 0. The van der Waals surface area contributed by atoms with Crippen LogP contribution in [-0.2, 0) is 0 Å². The first kappa shape index (κ1) is 12.3. The van der Waals surface area contributed by atoms with Crippen molar-refractivity contribution >= 4 is 17.1 Å². The average molecular weight is 238 g/mol. The Bertz CT molecular complexity index is 583. The van der Waals surface area contributed by atoms with Gasteiger partial charge in [0.05, 0.1) is 11.4 Å². The summed E-state index contributed by atoms with van der Waals surface area (Å²) in [6.45, 7) is 5.91. The molecular formula is C15H16N3. The minimum Gasteiger partial charge on any atom is -0.398 e. The lowest BCUT2D eigenvalue weighted by Gasteiger charge is -2.04. The third-order valence-electron chi connectivity index (χ3n) is 2.78. The molecule has 0 fully saturated rings. The molecule has 2 N–H and O–H groups in total. The lowest BCUT2D eigenvalue weighted by Crippen LogP contribution is -1.91. The standard InChI is InChI=1S/C15H16N3/c1-10-4-6-13(7-5-10)17-18-15-9-11(2)8-14(16)12(15)3/h4-7,9H,16H2,1-3H3. The summed E-state index contributed by atoms with van der Waals surface area (Å²) in [5.74, 6) is 0. The number of hydrogen-bond donors (Lipinski definition) is 1. The third kappa shape index (κ3) is 2.74. The number of rotatable bonds is 2. The second-order valence-electron chi connectivity index (χ2n) is 4.41. The van der Waals surface area contributed by atoms with E-state index in [1.807, 2.05) is 51.1 Å². The maximum atomic E-state index is 5.85. The van der Waals surface area contributed by atoms with Crippen molar-refractivity contribution in [1.82, 2.24) is 0 Å². The molecule has 3 heteroatoms. The molecule has 1 radical (unpaired) electrons. The van der Waals surface area contributed by atoms with Gasteiger partial charge in [-0.3, -0.25) is 0 Å². The fraction of sp³-hybridized carbons (Fsp3) is 0.200. The maximum Gasteiger partial charge on any atom is 0.0909 e. The van der Waals surface area contributed by atoms with Crippen molar-refractivity contribution in [2.75, 3.05) is 5.73 Å². The van der Waals surface area contributed by atoms with Gasteiger partial charge in [0.15, 0.2) is 0 Å². The van der Waals surface area contributed by atoms with Crippen LogP contribution in [0.4, 0.5) is 17.1 Å². The minimum absolute atomic E-state index is 0.632. The van der Waals surface area contributed by atoms with Gasteiger partial charge in [0.1, 0.15) is 0 Å². The molecule has 3 nitrogen and oxygen atoms in total. The van der Waals surface area contributed by atoms with E-state index in [2.05, 4.69) is 16.3 Å². The summed E-state index contributed by atoms with van der Waals surface area (Å²) in [4.78, 5) is 0. The van der Waals surface area contributed by atoms with Gasteiger partial charge in [-0.25, -0.2) is 0 Å². The number of azo groups is 1. The van der Waals surface area contributed by atoms with Crippen LogP contribution < -0.4 is 5.73 Å². The van der Waals surface area contributed by atoms with E-state index in [1.54, 1.807) is 0 Å². The van der Waals surface area contributed by atoms with Gasteiger partial charge in [-0.2, -0.15) is 10.2 Å². The molecule has 91 valence electrons. The molecule has 0 aromatic heterocycles. The molecular weight excluding hydrogens is 222 g/mol. The molecule has 0 atom stereocenters. The van der Waals surface area contributed by atoms with Gasteiger partial charge >= 0.3 is 0 Å². The van der Waals surface area contributed by atoms with Crippen LogP contribution in [0.25, 0.3) is 0 Å². The van der Waals surface area contributed by atoms with Gasteiger partial charge in [-0.05, 0) is 44.5 Å². The number of anilines is 1. The van der Waals surface area contributed by atoms with E-state index >= 15 is 0 Å². The van der Waals surface area contributed by atoms with E-state index in [-0.39, 0.29) is 0 Å². The van der Waals surface area contributed by atoms with Crippen LogP contribution in [0.3, 0.4) is 0 Å². The maximum absolute atomic E-state index is 5.85. The zero-order valence-corrected chi connectivity index (χ0v) is 10.9. The molecule has 0 aliphatic rings. The Morgan fingerprint density at radius 2 is 1.67 bits per heavy atom. The first-order chi connectivity index (χ1) is 8.56. The van der Waals surface area contributed by atoms with Crippen LogP contribution in [0.15, 0.2) is 40.6 Å². The molecule has 0 amide bonds. The molecule has 0 saturated carbocycles. The first-order valence-electron chi connectivity index (χ1n) is 5.83. The van der Waals surface area contributed by atoms with Crippen molar-refractivity contribution in [3.63, 3.8) is 0 Å². The zero-order chi connectivity index (χ0) is 13.1. The van der Waals surface area contributed by atoms with Crippen molar-refractivity contribution in [1.29, 1.82) is 0 Å². The van der Waals surface area contributed by atoms with E-state index in [0.29, 0.717) is 5.69 Å². The van der Waals surface area contributed by atoms with Crippen LogP contribution in [0, 0.1) is 26.8 Å². The fourth-order valence-corrected chi connectivity index (χ4v) is 1.62. The van der Waals surface area contributed by atoms with Gasteiger partial charge in [-0.1, -0.05) is 17.7 Å². The van der Waals surface area contributed by atoms with Gasteiger partial charge in [0.25, 0.3) is 0 Å². The van der Waals surface area contributed by atoms with Crippen LogP contribution in [0.2, 0.25) is 0 Å². The summed E-state index contributed by atoms with van der Waals surface area (Å²) in [5.41, 5.74) is 11.2. The van der Waals surface area contributed by atoms with Gasteiger partial charge < -0.3 is 5.73 Å². The molecule has 0 aliphatic heterocycles. The highest BCUT2D eigenvalue weighted by atomic mass is 15.1. The number of benzene rings is 2. The molecule has 0 aliphatic carbocycles. The largest absolute Gasteiger partial charge is 0.398 e. The minimum atomic E-state index is 0.632. The molecule has 18 heavy (non-hydrogen) atoms. The number of aryl methyl sites for hydroxylation is 2. The van der Waals surface area contributed by atoms with Crippen molar-refractivity contribution < 1.29 is 0 Å². The number of nitrogen functional groups attached to an aromatic ring is 1. The van der Waals surface area contributed by atoms with Gasteiger partial charge in [0, 0.05) is 17.3 Å². The molecule has 0 saturated heterocycles. The summed E-state index contributed by atoms with van der Waals surface area (Å²) >= 11 is 0. The van der Waals surface area contributed by atoms with Crippen LogP contribution in [-0.4, -0.2) is 0 Å². The highest BCUT2D eigenvalue weighted by Gasteiger charge is 2.02. The predicted molar refractivity (Wildman–Crippen MR) is 74.5 cm³/mol. The first-order valence-corrected chi connectivity index (χ1v) is 5.83. The van der Waals surface area contributed by atoms with Crippen molar-refractivity contribution in [2.45, 2.75) is 20.8 Å². The number of nitrogens with two attached hydrogens (primary N) is 1. The summed E-state index contributed by atoms with van der Waals surface area (Å²) in [6, 6.07) is 12.9. The summed E-state index contributed by atoms with van der Waals surface area (Å²) in [5, 5.41) is 8.47. The highest BCUT2D eigenvalue weighted by Crippen LogP contribution is 2.27. The quantitative estimate of drug-likeness (QED) is 0.611. The second-order valence-corrected chi connectivity index (χ2v) is 4.41. The van der Waals surface area contributed by atoms with E-state index in [4.69, 9.17) is 5.73 Å². The van der Waals surface area contributed by atoms with E-state index in [1.165, 1.54) is 5.56 Å². The Hall–Kier alpha value is -2.16. The SMILES string of the molecule is Cc1[c]c(N)c(C)c(N=Nc2ccc(C)cc2)c1. The van der Waals surface area contributed by atoms with E-state index < -0.39 is 0 Å². The molecule has 0 bridgehead atoms. The number of hydrogen-bond acceptors (Lipinski definition) is 3. The van der Waals surface area contributed by atoms with Crippen LogP contribution >= 0.6 is 0 Å². The van der Waals surface area contributed by atoms with Crippen molar-refractivity contribution in [3.8, 4) is 0 Å². The predicted octanol–water partition coefficient (Wildman–Crippen LogP) is 4.41. The summed E-state index contributed by atoms with van der Waals surface area (Å²) in [7, 11) is 0. The van der Waals surface area contributed by atoms with Crippen LogP contribution in [0.5, 0.6) is 0 Å². The van der Waals surface area contributed by atoms with Crippen molar-refractivity contribution in [3.05, 3.63) is 53.1 Å². The monoisotopic (exact) mass is 238 g/mol. The lowest BCUT2D eigenvalue weighted by molar-refractivity contribution is 1.20. The molecule has 2 aromatic carbocycles. The second kappa shape index (κ2) is 5.00. The topological polar surface area (TPSA) is 50.7 Å². The average Bonchev–Trinajstić information content (AvgIpc) is 2.34. The van der Waals surface area contributed by atoms with E-state index in [9.17, 15) is 0 Å². The zero-order valence-electron chi connectivity index (χ0n) is 10.9. The van der Waals surface area contributed by atoms with E-state index in [0.717, 1.165) is 22.5 Å². The number of nitrogens with zero attached hydrogens (tertiary/aromatic N) is 2. The normalized spacial score (nSPS) is 11.1. The highest BCUT2D eigenvalue weighted by molar-refractivity contribution is 5.61. The smallest absolute Gasteiger partial charge is 0.0909 e. The lowest BCUT2D eigenvalue weighted by atomic mass is 10.1. The molecule has 0 heterocycles. The Kier molecular flexibility index (Phi) is 3.42. The molecule has 2 rings (SSSR count). The fourth-order valence-electron chi connectivity index (χ4n) is 1.62. The van der Waals surface area contributed by atoms with Crippen molar-refractivity contribution in [2.24, 2.45) is 10.2 Å². The molecule has 0 unspecified atom stereocenters. The van der Waals surface area contributed by atoms with Crippen LogP contribution in [0.1, 0.15) is 16.7 Å². The Labute approximate surface area is 107 Å².